The summed E-state index contributed by atoms with van der Waals surface area (Å²) in [5.74, 6) is 0.278. The fourth-order valence-corrected chi connectivity index (χ4v) is 3.03. The number of aldehydes is 1. The quantitative estimate of drug-likeness (QED) is 0.761. The number of carbonyl (C=O) groups is 1. The molecule has 1 aromatic rings. The number of likely N-dealkylation sites (tertiary alicyclic amines) is 1. The van der Waals surface area contributed by atoms with E-state index in [9.17, 15) is 4.79 Å². The molecule has 1 aliphatic heterocycles. The molecule has 0 atom stereocenters. The molecule has 0 amide bonds. The van der Waals surface area contributed by atoms with E-state index in [1.165, 1.54) is 4.88 Å². The van der Waals surface area contributed by atoms with Crippen molar-refractivity contribution in [2.45, 2.75) is 19.4 Å². The highest BCUT2D eigenvalue weighted by molar-refractivity contribution is 7.10. The second kappa shape index (κ2) is 5.10. The molecule has 0 aliphatic carbocycles. The third kappa shape index (κ3) is 2.80. The van der Waals surface area contributed by atoms with Gasteiger partial charge in [-0.2, -0.15) is 0 Å². The minimum absolute atomic E-state index is 0.278. The van der Waals surface area contributed by atoms with Gasteiger partial charge in [-0.3, -0.25) is 4.90 Å². The minimum Gasteiger partial charge on any atom is -0.303 e. The van der Waals surface area contributed by atoms with Crippen LogP contribution in [0.5, 0.6) is 0 Å². The predicted molar refractivity (Wildman–Crippen MR) is 63.4 cm³/mol. The molecule has 15 heavy (non-hydrogen) atoms. The van der Waals surface area contributed by atoms with E-state index < -0.39 is 0 Å². The van der Waals surface area contributed by atoms with Crippen LogP contribution in [0, 0.1) is 5.92 Å². The molecule has 0 unspecified atom stereocenters. The predicted octanol–water partition coefficient (Wildman–Crippen LogP) is 2.81. The maximum absolute atomic E-state index is 10.6. The van der Waals surface area contributed by atoms with E-state index in [1.807, 2.05) is 11.4 Å². The van der Waals surface area contributed by atoms with Crippen LogP contribution in [0.25, 0.3) is 0 Å². The Morgan fingerprint density at radius 3 is 2.80 bits per heavy atom. The van der Waals surface area contributed by atoms with Crippen LogP contribution in [0.4, 0.5) is 0 Å². The summed E-state index contributed by atoms with van der Waals surface area (Å²) >= 11 is 7.75. The molecular weight excluding hydrogens is 230 g/mol. The zero-order valence-electron chi connectivity index (χ0n) is 8.49. The summed E-state index contributed by atoms with van der Waals surface area (Å²) in [5, 5.41) is 2.90. The number of rotatable bonds is 3. The molecule has 0 spiro atoms. The highest BCUT2D eigenvalue weighted by atomic mass is 35.5. The molecular formula is C11H14ClNOS. The summed E-state index contributed by atoms with van der Waals surface area (Å²) < 4.78 is 0. The van der Waals surface area contributed by atoms with E-state index in [-0.39, 0.29) is 5.92 Å². The fraction of sp³-hybridized carbons (Fsp3) is 0.545. The van der Waals surface area contributed by atoms with E-state index >= 15 is 0 Å². The normalized spacial score (nSPS) is 19.3. The largest absolute Gasteiger partial charge is 0.303 e. The van der Waals surface area contributed by atoms with Gasteiger partial charge < -0.3 is 4.79 Å². The summed E-state index contributed by atoms with van der Waals surface area (Å²) in [4.78, 5) is 14.2. The van der Waals surface area contributed by atoms with Crippen LogP contribution in [0.1, 0.15) is 17.7 Å². The van der Waals surface area contributed by atoms with Crippen molar-refractivity contribution < 1.29 is 4.79 Å². The lowest BCUT2D eigenvalue weighted by molar-refractivity contribution is -0.112. The van der Waals surface area contributed by atoms with Gasteiger partial charge in [0, 0.05) is 17.3 Å². The number of carbonyl (C=O) groups excluding carboxylic acids is 1. The van der Waals surface area contributed by atoms with Gasteiger partial charge in [-0.25, -0.2) is 0 Å². The molecule has 1 aliphatic rings. The molecule has 82 valence electrons. The third-order valence-electron chi connectivity index (χ3n) is 2.88. The van der Waals surface area contributed by atoms with Gasteiger partial charge in [0.25, 0.3) is 0 Å². The topological polar surface area (TPSA) is 20.3 Å². The van der Waals surface area contributed by atoms with E-state index in [0.29, 0.717) is 0 Å². The van der Waals surface area contributed by atoms with Gasteiger partial charge in [0.2, 0.25) is 0 Å². The van der Waals surface area contributed by atoms with Crippen LogP contribution < -0.4 is 0 Å². The molecule has 1 aromatic heterocycles. The first kappa shape index (κ1) is 11.1. The lowest BCUT2D eigenvalue weighted by Crippen LogP contribution is -2.33. The van der Waals surface area contributed by atoms with Crippen LogP contribution >= 0.6 is 22.9 Å². The molecule has 0 radical (unpaired) electrons. The molecule has 2 nitrogen and oxygen atoms in total. The van der Waals surface area contributed by atoms with Gasteiger partial charge in [0.05, 0.1) is 5.02 Å². The van der Waals surface area contributed by atoms with Gasteiger partial charge in [0.1, 0.15) is 6.29 Å². The molecule has 2 rings (SSSR count). The Bertz CT molecular complexity index is 331. The maximum Gasteiger partial charge on any atom is 0.123 e. The number of piperidine rings is 1. The lowest BCUT2D eigenvalue weighted by atomic mass is 9.99. The first-order valence-corrected chi connectivity index (χ1v) is 6.45. The zero-order chi connectivity index (χ0) is 10.7. The molecule has 0 bridgehead atoms. The first-order valence-electron chi connectivity index (χ1n) is 5.19. The second-order valence-electron chi connectivity index (χ2n) is 3.94. The van der Waals surface area contributed by atoms with Gasteiger partial charge in [0.15, 0.2) is 0 Å². The number of halogens is 1. The third-order valence-corrected chi connectivity index (χ3v) is 4.25. The van der Waals surface area contributed by atoms with E-state index in [2.05, 4.69) is 4.90 Å². The number of nitrogens with zero attached hydrogens (tertiary/aromatic N) is 1. The number of hydrogen-bond donors (Lipinski definition) is 0. The van der Waals surface area contributed by atoms with Gasteiger partial charge >= 0.3 is 0 Å². The molecule has 1 fully saturated rings. The van der Waals surface area contributed by atoms with Crippen molar-refractivity contribution in [2.24, 2.45) is 5.92 Å². The van der Waals surface area contributed by atoms with Crippen LogP contribution in [-0.2, 0) is 11.3 Å². The summed E-state index contributed by atoms with van der Waals surface area (Å²) in [7, 11) is 0. The smallest absolute Gasteiger partial charge is 0.123 e. The van der Waals surface area contributed by atoms with Crippen molar-refractivity contribution in [3.63, 3.8) is 0 Å². The van der Waals surface area contributed by atoms with Crippen LogP contribution in [0.2, 0.25) is 5.02 Å². The van der Waals surface area contributed by atoms with Gasteiger partial charge in [-0.15, -0.1) is 11.3 Å². The van der Waals surface area contributed by atoms with Crippen molar-refractivity contribution in [3.8, 4) is 0 Å². The SMILES string of the molecule is O=CC1CCN(Cc2sccc2Cl)CC1. The van der Waals surface area contributed by atoms with Crippen molar-refractivity contribution in [3.05, 3.63) is 21.3 Å². The summed E-state index contributed by atoms with van der Waals surface area (Å²) in [6, 6.07) is 1.94. The lowest BCUT2D eigenvalue weighted by Gasteiger charge is -2.29. The highest BCUT2D eigenvalue weighted by Crippen LogP contribution is 2.25. The Morgan fingerprint density at radius 2 is 2.27 bits per heavy atom. The number of thiophene rings is 1. The maximum atomic E-state index is 10.6. The summed E-state index contributed by atoms with van der Waals surface area (Å²) in [5.41, 5.74) is 0. The first-order chi connectivity index (χ1) is 7.29. The van der Waals surface area contributed by atoms with E-state index in [0.717, 1.165) is 43.8 Å². The Hall–Kier alpha value is -0.380. The Kier molecular flexibility index (Phi) is 3.78. The number of hydrogen-bond acceptors (Lipinski definition) is 3. The summed E-state index contributed by atoms with van der Waals surface area (Å²) in [6.07, 6.45) is 3.08. The average Bonchev–Trinajstić information content (AvgIpc) is 2.66. The van der Waals surface area contributed by atoms with Crippen LogP contribution in [0.3, 0.4) is 0 Å². The Labute approximate surface area is 98.8 Å². The summed E-state index contributed by atoms with van der Waals surface area (Å²) in [6.45, 7) is 2.96. The van der Waals surface area contributed by atoms with Crippen molar-refractivity contribution in [1.82, 2.24) is 4.90 Å². The molecule has 0 saturated carbocycles. The second-order valence-corrected chi connectivity index (χ2v) is 5.35. The average molecular weight is 244 g/mol. The standard InChI is InChI=1S/C11H14ClNOS/c12-10-3-6-15-11(10)7-13-4-1-9(8-14)2-5-13/h3,6,8-9H,1-2,4-5,7H2. The van der Waals surface area contributed by atoms with Crippen molar-refractivity contribution in [2.75, 3.05) is 13.1 Å². The van der Waals surface area contributed by atoms with Crippen LogP contribution in [0.15, 0.2) is 11.4 Å². The molecule has 1 saturated heterocycles. The minimum atomic E-state index is 0.278. The monoisotopic (exact) mass is 243 g/mol. The van der Waals surface area contributed by atoms with E-state index in [4.69, 9.17) is 11.6 Å². The van der Waals surface area contributed by atoms with Crippen molar-refractivity contribution >= 4 is 29.2 Å². The molecule has 0 aromatic carbocycles. The fourth-order valence-electron chi connectivity index (χ4n) is 1.89. The Morgan fingerprint density at radius 1 is 1.53 bits per heavy atom. The van der Waals surface area contributed by atoms with E-state index in [1.54, 1.807) is 11.3 Å². The van der Waals surface area contributed by atoms with Gasteiger partial charge in [-0.05, 0) is 37.4 Å². The molecule has 2 heterocycles. The van der Waals surface area contributed by atoms with Crippen molar-refractivity contribution in [1.29, 1.82) is 0 Å². The van der Waals surface area contributed by atoms with Gasteiger partial charge in [-0.1, -0.05) is 11.6 Å². The zero-order valence-corrected chi connectivity index (χ0v) is 10.1. The van der Waals surface area contributed by atoms with Crippen LogP contribution in [-0.4, -0.2) is 24.3 Å². The highest BCUT2D eigenvalue weighted by Gasteiger charge is 2.19. The Balaban J connectivity index is 1.87. The molecule has 4 heteroatoms. The molecule has 0 N–H and O–H groups in total.